The SMILES string of the molecule is CCN(CC)C(=O)n1cnc(N(c2ccccc2)S(=O)[O-])n1. The van der Waals surface area contributed by atoms with Crippen LogP contribution in [0.4, 0.5) is 16.4 Å². The van der Waals surface area contributed by atoms with E-state index < -0.39 is 11.3 Å². The first-order chi connectivity index (χ1) is 10.6. The summed E-state index contributed by atoms with van der Waals surface area (Å²) >= 11 is -2.60. The van der Waals surface area contributed by atoms with Crippen molar-refractivity contribution in [2.75, 3.05) is 17.4 Å². The zero-order valence-corrected chi connectivity index (χ0v) is 13.1. The highest BCUT2D eigenvalue weighted by Crippen LogP contribution is 2.22. The van der Waals surface area contributed by atoms with Crippen molar-refractivity contribution in [3.05, 3.63) is 36.7 Å². The summed E-state index contributed by atoms with van der Waals surface area (Å²) in [7, 11) is 0. The molecule has 0 fully saturated rings. The number of nitrogens with zero attached hydrogens (tertiary/aromatic N) is 5. The molecule has 1 amide bonds. The molecular formula is C13H16N5O3S-. The molecule has 1 unspecified atom stereocenters. The number of anilines is 2. The summed E-state index contributed by atoms with van der Waals surface area (Å²) in [5, 5.41) is 3.97. The van der Waals surface area contributed by atoms with Crippen molar-refractivity contribution in [2.24, 2.45) is 0 Å². The number of carbonyl (C=O) groups excluding carboxylic acids is 1. The predicted molar refractivity (Wildman–Crippen MR) is 81.2 cm³/mol. The maximum Gasteiger partial charge on any atom is 0.346 e. The van der Waals surface area contributed by atoms with E-state index in [0.29, 0.717) is 18.8 Å². The first-order valence-electron chi connectivity index (χ1n) is 6.74. The summed E-state index contributed by atoms with van der Waals surface area (Å²) in [6.45, 7) is 4.76. The zero-order valence-electron chi connectivity index (χ0n) is 12.2. The second-order valence-corrected chi connectivity index (χ2v) is 5.09. The fraction of sp³-hybridized carbons (Fsp3) is 0.308. The second-order valence-electron chi connectivity index (χ2n) is 4.29. The molecule has 2 aromatic rings. The predicted octanol–water partition coefficient (Wildman–Crippen LogP) is 1.52. The largest absolute Gasteiger partial charge is 0.755 e. The molecule has 0 aliphatic heterocycles. The van der Waals surface area contributed by atoms with Crippen LogP contribution in [0.15, 0.2) is 36.7 Å². The Morgan fingerprint density at radius 1 is 1.27 bits per heavy atom. The lowest BCUT2D eigenvalue weighted by Gasteiger charge is -2.22. The Bertz CT molecular complexity index is 657. The van der Waals surface area contributed by atoms with Crippen molar-refractivity contribution in [2.45, 2.75) is 13.8 Å². The van der Waals surface area contributed by atoms with Crippen LogP contribution in [0.3, 0.4) is 0 Å². The minimum atomic E-state index is -2.60. The van der Waals surface area contributed by atoms with Gasteiger partial charge < -0.3 is 9.45 Å². The third-order valence-corrected chi connectivity index (χ3v) is 3.70. The molecule has 9 heteroatoms. The molecule has 1 atom stereocenters. The van der Waals surface area contributed by atoms with Crippen LogP contribution < -0.4 is 4.31 Å². The Kier molecular flexibility index (Phi) is 5.23. The Labute approximate surface area is 130 Å². The molecule has 0 bridgehead atoms. The van der Waals surface area contributed by atoms with E-state index in [4.69, 9.17) is 0 Å². The van der Waals surface area contributed by atoms with Gasteiger partial charge in [0, 0.05) is 13.1 Å². The number of amides is 1. The summed E-state index contributed by atoms with van der Waals surface area (Å²) in [5.74, 6) is -0.0833. The van der Waals surface area contributed by atoms with E-state index in [-0.39, 0.29) is 12.0 Å². The Hall–Kier alpha value is -2.26. The van der Waals surface area contributed by atoms with Crippen LogP contribution in [-0.4, -0.2) is 47.5 Å². The maximum atomic E-state index is 12.2. The van der Waals surface area contributed by atoms with Crippen LogP contribution in [-0.2, 0) is 11.3 Å². The molecule has 0 saturated heterocycles. The van der Waals surface area contributed by atoms with Gasteiger partial charge in [0.05, 0.1) is 17.0 Å². The molecule has 0 saturated carbocycles. The Balaban J connectivity index is 2.32. The van der Waals surface area contributed by atoms with Crippen LogP contribution in [0, 0.1) is 0 Å². The Morgan fingerprint density at radius 3 is 2.45 bits per heavy atom. The summed E-state index contributed by atoms with van der Waals surface area (Å²) in [6, 6.07) is 8.05. The van der Waals surface area contributed by atoms with Crippen LogP contribution in [0.5, 0.6) is 0 Å². The topological polar surface area (TPSA) is 94.4 Å². The lowest BCUT2D eigenvalue weighted by atomic mass is 10.3. The van der Waals surface area contributed by atoms with Crippen LogP contribution in [0.2, 0.25) is 0 Å². The van der Waals surface area contributed by atoms with E-state index in [1.807, 2.05) is 13.8 Å². The first-order valence-corrected chi connectivity index (χ1v) is 7.77. The fourth-order valence-corrected chi connectivity index (χ4v) is 2.42. The molecule has 0 aliphatic rings. The second kappa shape index (κ2) is 7.14. The van der Waals surface area contributed by atoms with E-state index in [1.54, 1.807) is 35.2 Å². The van der Waals surface area contributed by atoms with Crippen molar-refractivity contribution in [1.82, 2.24) is 19.7 Å². The molecule has 1 aromatic carbocycles. The van der Waals surface area contributed by atoms with Crippen LogP contribution >= 0.6 is 0 Å². The molecular weight excluding hydrogens is 306 g/mol. The van der Waals surface area contributed by atoms with Crippen molar-refractivity contribution in [3.8, 4) is 0 Å². The van der Waals surface area contributed by atoms with E-state index >= 15 is 0 Å². The molecule has 0 aliphatic carbocycles. The summed E-state index contributed by atoms with van der Waals surface area (Å²) in [5.41, 5.74) is 0.392. The highest BCUT2D eigenvalue weighted by molar-refractivity contribution is 7.81. The number of rotatable bonds is 5. The van der Waals surface area contributed by atoms with Gasteiger partial charge in [-0.3, -0.25) is 4.21 Å². The molecule has 0 N–H and O–H groups in total. The van der Waals surface area contributed by atoms with Gasteiger partial charge in [0.15, 0.2) is 0 Å². The van der Waals surface area contributed by atoms with Gasteiger partial charge in [-0.2, -0.15) is 9.67 Å². The van der Waals surface area contributed by atoms with Crippen LogP contribution in [0.25, 0.3) is 0 Å². The van der Waals surface area contributed by atoms with Crippen LogP contribution in [0.1, 0.15) is 13.8 Å². The fourth-order valence-electron chi connectivity index (χ4n) is 1.91. The third-order valence-electron chi connectivity index (χ3n) is 3.03. The number of para-hydroxylation sites is 1. The molecule has 0 spiro atoms. The lowest BCUT2D eigenvalue weighted by molar-refractivity contribution is 0.201. The number of hydrogen-bond donors (Lipinski definition) is 0. The van der Waals surface area contributed by atoms with Gasteiger partial charge in [-0.05, 0) is 26.0 Å². The van der Waals surface area contributed by atoms with Gasteiger partial charge in [0.1, 0.15) is 6.33 Å². The summed E-state index contributed by atoms with van der Waals surface area (Å²) in [6.07, 6.45) is 1.21. The van der Waals surface area contributed by atoms with Gasteiger partial charge in [0.2, 0.25) is 0 Å². The lowest BCUT2D eigenvalue weighted by Crippen LogP contribution is -2.34. The smallest absolute Gasteiger partial charge is 0.346 e. The van der Waals surface area contributed by atoms with Gasteiger partial charge in [-0.25, -0.2) is 9.10 Å². The molecule has 22 heavy (non-hydrogen) atoms. The third kappa shape index (κ3) is 3.31. The summed E-state index contributed by atoms with van der Waals surface area (Å²) in [4.78, 5) is 17.6. The molecule has 1 heterocycles. The van der Waals surface area contributed by atoms with Gasteiger partial charge in [-0.1, -0.05) is 18.2 Å². The van der Waals surface area contributed by atoms with Crippen molar-refractivity contribution >= 4 is 28.9 Å². The highest BCUT2D eigenvalue weighted by Gasteiger charge is 2.19. The van der Waals surface area contributed by atoms with E-state index in [0.717, 1.165) is 8.99 Å². The number of aromatic nitrogens is 3. The van der Waals surface area contributed by atoms with E-state index in [9.17, 15) is 13.6 Å². The molecule has 1 aromatic heterocycles. The number of benzene rings is 1. The minimum Gasteiger partial charge on any atom is -0.755 e. The normalized spacial score (nSPS) is 12.0. The average molecular weight is 322 g/mol. The average Bonchev–Trinajstić information content (AvgIpc) is 2.98. The number of carbonyl (C=O) groups is 1. The van der Waals surface area contributed by atoms with E-state index in [2.05, 4.69) is 10.1 Å². The van der Waals surface area contributed by atoms with Gasteiger partial charge in [-0.15, -0.1) is 5.10 Å². The molecule has 0 radical (unpaired) electrons. The maximum absolute atomic E-state index is 12.2. The monoisotopic (exact) mass is 322 g/mol. The molecule has 8 nitrogen and oxygen atoms in total. The summed E-state index contributed by atoms with van der Waals surface area (Å²) < 4.78 is 24.9. The first kappa shape index (κ1) is 16.1. The van der Waals surface area contributed by atoms with Gasteiger partial charge in [0.25, 0.3) is 5.95 Å². The molecule has 2 rings (SSSR count). The quantitative estimate of drug-likeness (QED) is 0.778. The van der Waals surface area contributed by atoms with Gasteiger partial charge >= 0.3 is 6.03 Å². The number of hydrogen-bond acceptors (Lipinski definition) is 5. The zero-order chi connectivity index (χ0) is 16.1. The van der Waals surface area contributed by atoms with Crippen molar-refractivity contribution < 1.29 is 13.6 Å². The standard InChI is InChI=1S/C13H17N5O3S/c1-3-16(4-2)13(19)17-10-14-12(15-17)18(22(20)21)11-8-6-5-7-9-11/h5-10H,3-4H2,1-2H3,(H,20,21)/p-1. The Morgan fingerprint density at radius 2 is 1.91 bits per heavy atom. The highest BCUT2D eigenvalue weighted by atomic mass is 32.2. The molecule has 118 valence electrons. The van der Waals surface area contributed by atoms with E-state index in [1.165, 1.54) is 6.33 Å². The minimum absolute atomic E-state index is 0.0833. The van der Waals surface area contributed by atoms with Crippen molar-refractivity contribution in [1.29, 1.82) is 0 Å². The van der Waals surface area contributed by atoms with Crippen molar-refractivity contribution in [3.63, 3.8) is 0 Å².